The van der Waals surface area contributed by atoms with Crippen molar-refractivity contribution in [1.29, 1.82) is 0 Å². The fourth-order valence-corrected chi connectivity index (χ4v) is 1.55. The van der Waals surface area contributed by atoms with Crippen LogP contribution in [0, 0.1) is 0 Å². The third kappa shape index (κ3) is 1.90. The zero-order valence-electron chi connectivity index (χ0n) is 8.64. The van der Waals surface area contributed by atoms with Gasteiger partial charge in [-0.05, 0) is 36.1 Å². The molecule has 0 spiro atoms. The second-order valence-electron chi connectivity index (χ2n) is 3.60. The van der Waals surface area contributed by atoms with Crippen molar-refractivity contribution in [2.45, 2.75) is 13.0 Å². The number of nitrogens with zero attached hydrogens (tertiary/aromatic N) is 1. The number of aliphatic hydroxyl groups is 1. The molecular formula is C13H13NO. The van der Waals surface area contributed by atoms with Gasteiger partial charge in [0.1, 0.15) is 0 Å². The van der Waals surface area contributed by atoms with E-state index in [0.717, 1.165) is 22.0 Å². The van der Waals surface area contributed by atoms with Crippen LogP contribution in [-0.2, 0) is 0 Å². The minimum Gasteiger partial charge on any atom is -0.389 e. The minimum absolute atomic E-state index is 0.435. The number of aliphatic hydroxyl groups excluding tert-OH is 1. The molecule has 2 aromatic rings. The summed E-state index contributed by atoms with van der Waals surface area (Å²) >= 11 is 0. The number of fused-ring (bicyclic) bond motifs is 1. The highest BCUT2D eigenvalue weighted by molar-refractivity contribution is 5.83. The molecule has 0 aliphatic heterocycles. The predicted molar refractivity (Wildman–Crippen MR) is 62.5 cm³/mol. The summed E-state index contributed by atoms with van der Waals surface area (Å²) in [4.78, 5) is 4.22. The summed E-state index contributed by atoms with van der Waals surface area (Å²) in [5.74, 6) is 0. The van der Waals surface area contributed by atoms with Gasteiger partial charge in [-0.15, -0.1) is 0 Å². The fourth-order valence-electron chi connectivity index (χ4n) is 1.55. The molecule has 2 rings (SSSR count). The Kier molecular flexibility index (Phi) is 2.52. The molecule has 1 aromatic heterocycles. The van der Waals surface area contributed by atoms with Crippen molar-refractivity contribution >= 4 is 16.8 Å². The van der Waals surface area contributed by atoms with Crippen LogP contribution in [0.1, 0.15) is 24.3 Å². The maximum atomic E-state index is 9.47. The van der Waals surface area contributed by atoms with Crippen molar-refractivity contribution in [2.75, 3.05) is 0 Å². The zero-order chi connectivity index (χ0) is 10.8. The molecule has 1 N–H and O–H groups in total. The van der Waals surface area contributed by atoms with Crippen molar-refractivity contribution in [3.8, 4) is 0 Å². The van der Waals surface area contributed by atoms with Gasteiger partial charge in [0.05, 0.1) is 11.8 Å². The summed E-state index contributed by atoms with van der Waals surface area (Å²) in [5.41, 5.74) is 1.77. The Balaban J connectivity index is 2.62. The van der Waals surface area contributed by atoms with Crippen molar-refractivity contribution < 1.29 is 5.11 Å². The summed E-state index contributed by atoms with van der Waals surface area (Å²) in [7, 11) is 0. The summed E-state index contributed by atoms with van der Waals surface area (Å²) in [5, 5.41) is 11.6. The number of hydrogen-bond donors (Lipinski definition) is 1. The lowest BCUT2D eigenvalue weighted by atomic mass is 10.1. The maximum absolute atomic E-state index is 9.47. The van der Waals surface area contributed by atoms with Crippen molar-refractivity contribution in [3.63, 3.8) is 0 Å². The average Bonchev–Trinajstić information content (AvgIpc) is 2.27. The molecule has 1 unspecified atom stereocenters. The Morgan fingerprint density at radius 2 is 2.13 bits per heavy atom. The lowest BCUT2D eigenvalue weighted by Crippen LogP contribution is -1.91. The van der Waals surface area contributed by atoms with Crippen LogP contribution in [0.15, 0.2) is 37.0 Å². The van der Waals surface area contributed by atoms with Gasteiger partial charge in [0.2, 0.25) is 0 Å². The number of rotatable bonds is 2. The third-order valence-corrected chi connectivity index (χ3v) is 2.46. The van der Waals surface area contributed by atoms with Crippen LogP contribution in [0.5, 0.6) is 0 Å². The van der Waals surface area contributed by atoms with Crippen LogP contribution in [-0.4, -0.2) is 10.1 Å². The van der Waals surface area contributed by atoms with Crippen LogP contribution in [0.3, 0.4) is 0 Å². The first-order chi connectivity index (χ1) is 7.20. The Morgan fingerprint density at radius 1 is 1.33 bits per heavy atom. The van der Waals surface area contributed by atoms with Gasteiger partial charge < -0.3 is 5.11 Å². The Labute approximate surface area is 88.9 Å². The Bertz CT molecular complexity index is 503. The van der Waals surface area contributed by atoms with Crippen molar-refractivity contribution in [3.05, 3.63) is 48.3 Å². The molecule has 0 aliphatic carbocycles. The monoisotopic (exact) mass is 199 g/mol. The highest BCUT2D eigenvalue weighted by Crippen LogP contribution is 2.20. The normalized spacial score (nSPS) is 12.7. The smallest absolute Gasteiger partial charge is 0.0762 e. The van der Waals surface area contributed by atoms with E-state index >= 15 is 0 Å². The highest BCUT2D eigenvalue weighted by atomic mass is 16.3. The maximum Gasteiger partial charge on any atom is 0.0762 e. The molecule has 2 nitrogen and oxygen atoms in total. The lowest BCUT2D eigenvalue weighted by Gasteiger charge is -2.06. The van der Waals surface area contributed by atoms with Crippen molar-refractivity contribution in [1.82, 2.24) is 4.98 Å². The zero-order valence-corrected chi connectivity index (χ0v) is 8.64. The van der Waals surface area contributed by atoms with Gasteiger partial charge in [-0.1, -0.05) is 18.7 Å². The fraction of sp³-hybridized carbons (Fsp3) is 0.154. The number of pyridine rings is 1. The highest BCUT2D eigenvalue weighted by Gasteiger charge is 2.02. The Hall–Kier alpha value is -1.67. The molecule has 0 bridgehead atoms. The molecule has 1 aromatic carbocycles. The van der Waals surface area contributed by atoms with Gasteiger partial charge >= 0.3 is 0 Å². The molecule has 0 fully saturated rings. The van der Waals surface area contributed by atoms with Gasteiger partial charge in [0, 0.05) is 11.6 Å². The van der Waals surface area contributed by atoms with Crippen LogP contribution in [0.25, 0.3) is 16.8 Å². The van der Waals surface area contributed by atoms with Crippen LogP contribution in [0.4, 0.5) is 0 Å². The van der Waals surface area contributed by atoms with E-state index < -0.39 is 6.10 Å². The molecule has 0 saturated heterocycles. The van der Waals surface area contributed by atoms with Gasteiger partial charge in [-0.25, -0.2) is 0 Å². The number of benzene rings is 1. The Morgan fingerprint density at radius 3 is 2.80 bits per heavy atom. The van der Waals surface area contributed by atoms with E-state index in [0.29, 0.717) is 0 Å². The summed E-state index contributed by atoms with van der Waals surface area (Å²) < 4.78 is 0. The van der Waals surface area contributed by atoms with E-state index in [-0.39, 0.29) is 0 Å². The molecule has 1 atom stereocenters. The molecule has 0 aliphatic rings. The summed E-state index contributed by atoms with van der Waals surface area (Å²) in [6.07, 6.45) is 3.10. The molecule has 15 heavy (non-hydrogen) atoms. The topological polar surface area (TPSA) is 33.1 Å². The van der Waals surface area contributed by atoms with Crippen LogP contribution >= 0.6 is 0 Å². The molecule has 1 heterocycles. The van der Waals surface area contributed by atoms with E-state index in [1.165, 1.54) is 0 Å². The first-order valence-corrected chi connectivity index (χ1v) is 4.91. The SMILES string of the molecule is C=Cc1cc2cc(C(C)O)ccc2cn1. The molecule has 0 saturated carbocycles. The summed E-state index contributed by atoms with van der Waals surface area (Å²) in [6.45, 7) is 5.44. The van der Waals surface area contributed by atoms with E-state index in [1.54, 1.807) is 13.0 Å². The van der Waals surface area contributed by atoms with Crippen LogP contribution < -0.4 is 0 Å². The van der Waals surface area contributed by atoms with E-state index in [9.17, 15) is 5.11 Å². The molecule has 0 amide bonds. The van der Waals surface area contributed by atoms with Gasteiger partial charge in [-0.3, -0.25) is 4.98 Å². The van der Waals surface area contributed by atoms with E-state index in [4.69, 9.17) is 0 Å². The molecule has 2 heteroatoms. The largest absolute Gasteiger partial charge is 0.389 e. The van der Waals surface area contributed by atoms with E-state index in [2.05, 4.69) is 11.6 Å². The minimum atomic E-state index is -0.435. The number of hydrogen-bond acceptors (Lipinski definition) is 2. The predicted octanol–water partition coefficient (Wildman–Crippen LogP) is 2.93. The quantitative estimate of drug-likeness (QED) is 0.806. The first-order valence-electron chi connectivity index (χ1n) is 4.91. The van der Waals surface area contributed by atoms with Crippen LogP contribution in [0.2, 0.25) is 0 Å². The molecular weight excluding hydrogens is 186 g/mol. The van der Waals surface area contributed by atoms with Gasteiger partial charge in [-0.2, -0.15) is 0 Å². The third-order valence-electron chi connectivity index (χ3n) is 2.46. The second kappa shape index (κ2) is 3.83. The lowest BCUT2D eigenvalue weighted by molar-refractivity contribution is 0.199. The summed E-state index contributed by atoms with van der Waals surface area (Å²) in [6, 6.07) is 7.84. The number of aromatic nitrogens is 1. The van der Waals surface area contributed by atoms with Gasteiger partial charge in [0.25, 0.3) is 0 Å². The molecule has 76 valence electrons. The second-order valence-corrected chi connectivity index (χ2v) is 3.60. The van der Waals surface area contributed by atoms with Gasteiger partial charge in [0.15, 0.2) is 0 Å². The standard InChI is InChI=1S/C13H13NO/c1-3-13-7-12-6-10(9(2)15)4-5-11(12)8-14-13/h3-9,15H,1H2,2H3. The first kappa shape index (κ1) is 9.87. The average molecular weight is 199 g/mol. The van der Waals surface area contributed by atoms with E-state index in [1.807, 2.05) is 30.5 Å². The van der Waals surface area contributed by atoms with Crippen molar-refractivity contribution in [2.24, 2.45) is 0 Å². The molecule has 0 radical (unpaired) electrons.